The smallest absolute Gasteiger partial charge is 0.480 e. The summed E-state index contributed by atoms with van der Waals surface area (Å²) in [6, 6.07) is -0.666. The van der Waals surface area contributed by atoms with Gasteiger partial charge in [0.05, 0.1) is 13.3 Å². The third-order valence-corrected chi connectivity index (χ3v) is 2.07. The molecule has 0 spiro atoms. The molecule has 0 rings (SSSR count). The standard InChI is InChI=1S/C10H19N3O5/c1-17-10(16)18-13-7-6-12-8(9(14)15)4-2-3-5-11/h7-8,12H,2-6,11H2,1H3,(H,14,15)/t8-/m0/s1. The number of nitrogens with two attached hydrogens (primary N) is 1. The Hall–Kier alpha value is -1.67. The number of methoxy groups -OCH3 is 1. The number of carboxylic acids is 1. The van der Waals surface area contributed by atoms with Gasteiger partial charge in [0.15, 0.2) is 0 Å². The van der Waals surface area contributed by atoms with E-state index < -0.39 is 18.2 Å². The Kier molecular flexibility index (Phi) is 9.51. The number of rotatable bonds is 9. The van der Waals surface area contributed by atoms with Gasteiger partial charge in [-0.05, 0) is 19.4 Å². The van der Waals surface area contributed by atoms with Crippen LogP contribution in [0.5, 0.6) is 0 Å². The molecule has 0 aromatic rings. The van der Waals surface area contributed by atoms with Crippen LogP contribution in [0.15, 0.2) is 5.16 Å². The number of ether oxygens (including phenoxy) is 1. The van der Waals surface area contributed by atoms with E-state index in [2.05, 4.69) is 20.0 Å². The monoisotopic (exact) mass is 261 g/mol. The Labute approximate surface area is 105 Å². The Morgan fingerprint density at radius 3 is 2.78 bits per heavy atom. The van der Waals surface area contributed by atoms with Crippen molar-refractivity contribution in [2.75, 3.05) is 20.2 Å². The van der Waals surface area contributed by atoms with Crippen molar-refractivity contribution in [3.63, 3.8) is 0 Å². The number of carbonyl (C=O) groups is 2. The number of oxime groups is 1. The number of aliphatic carboxylic acids is 1. The normalized spacial score (nSPS) is 12.3. The molecule has 0 radical (unpaired) electrons. The summed E-state index contributed by atoms with van der Waals surface area (Å²) >= 11 is 0. The first kappa shape index (κ1) is 16.3. The summed E-state index contributed by atoms with van der Waals surface area (Å²) in [5.41, 5.74) is 5.32. The van der Waals surface area contributed by atoms with Crippen LogP contribution in [0.1, 0.15) is 19.3 Å². The van der Waals surface area contributed by atoms with Gasteiger partial charge in [-0.3, -0.25) is 14.9 Å². The van der Waals surface area contributed by atoms with Crippen LogP contribution >= 0.6 is 0 Å². The fourth-order valence-corrected chi connectivity index (χ4v) is 1.16. The summed E-state index contributed by atoms with van der Waals surface area (Å²) in [6.45, 7) is 0.720. The van der Waals surface area contributed by atoms with E-state index >= 15 is 0 Å². The van der Waals surface area contributed by atoms with Crippen molar-refractivity contribution in [2.24, 2.45) is 10.9 Å². The van der Waals surface area contributed by atoms with E-state index in [1.54, 1.807) is 0 Å². The van der Waals surface area contributed by atoms with E-state index in [0.717, 1.165) is 20.0 Å². The van der Waals surface area contributed by atoms with Crippen LogP contribution in [-0.2, 0) is 14.4 Å². The first-order valence-corrected chi connectivity index (χ1v) is 5.54. The molecule has 0 bridgehead atoms. The second kappa shape index (κ2) is 10.5. The molecule has 0 aromatic carbocycles. The van der Waals surface area contributed by atoms with Gasteiger partial charge in [-0.1, -0.05) is 11.6 Å². The summed E-state index contributed by atoms with van der Waals surface area (Å²) in [4.78, 5) is 25.6. The highest BCUT2D eigenvalue weighted by Crippen LogP contribution is 2.00. The molecule has 0 fully saturated rings. The largest absolute Gasteiger partial charge is 0.534 e. The van der Waals surface area contributed by atoms with E-state index in [1.165, 1.54) is 6.21 Å². The predicted octanol–water partition coefficient (Wildman–Crippen LogP) is -0.0730. The maximum atomic E-state index is 10.9. The Morgan fingerprint density at radius 1 is 1.50 bits per heavy atom. The quantitative estimate of drug-likeness (QED) is 0.174. The number of hydrogen-bond donors (Lipinski definition) is 3. The van der Waals surface area contributed by atoms with Crippen molar-refractivity contribution in [2.45, 2.75) is 25.3 Å². The van der Waals surface area contributed by atoms with Crippen molar-refractivity contribution in [3.05, 3.63) is 0 Å². The molecule has 0 aromatic heterocycles. The van der Waals surface area contributed by atoms with Gasteiger partial charge in [0.2, 0.25) is 0 Å². The van der Waals surface area contributed by atoms with Gasteiger partial charge in [-0.2, -0.15) is 0 Å². The van der Waals surface area contributed by atoms with E-state index in [4.69, 9.17) is 10.8 Å². The average Bonchev–Trinajstić information content (AvgIpc) is 2.35. The second-order valence-electron chi connectivity index (χ2n) is 3.42. The van der Waals surface area contributed by atoms with Crippen LogP contribution in [0.25, 0.3) is 0 Å². The van der Waals surface area contributed by atoms with Gasteiger partial charge in [0, 0.05) is 6.54 Å². The molecule has 0 saturated heterocycles. The Balaban J connectivity index is 3.82. The highest BCUT2D eigenvalue weighted by atomic mass is 16.8. The van der Waals surface area contributed by atoms with Crippen molar-refractivity contribution >= 4 is 18.3 Å². The van der Waals surface area contributed by atoms with E-state index in [1.807, 2.05) is 0 Å². The second-order valence-corrected chi connectivity index (χ2v) is 3.42. The van der Waals surface area contributed by atoms with Crippen molar-refractivity contribution < 1.29 is 24.3 Å². The van der Waals surface area contributed by atoms with Crippen molar-refractivity contribution in [3.8, 4) is 0 Å². The van der Waals surface area contributed by atoms with Gasteiger partial charge in [0.25, 0.3) is 0 Å². The summed E-state index contributed by atoms with van der Waals surface area (Å²) in [5.74, 6) is -0.936. The molecular formula is C10H19N3O5. The first-order valence-electron chi connectivity index (χ1n) is 5.54. The maximum Gasteiger partial charge on any atom is 0.534 e. The number of nitrogens with zero attached hydrogens (tertiary/aromatic N) is 1. The predicted molar refractivity (Wildman–Crippen MR) is 64.3 cm³/mol. The minimum absolute atomic E-state index is 0.177. The lowest BCUT2D eigenvalue weighted by molar-refractivity contribution is -0.139. The molecule has 0 heterocycles. The molecule has 18 heavy (non-hydrogen) atoms. The Bertz CT molecular complexity index is 283. The molecule has 0 amide bonds. The zero-order valence-corrected chi connectivity index (χ0v) is 10.3. The molecular weight excluding hydrogens is 242 g/mol. The lowest BCUT2D eigenvalue weighted by Crippen LogP contribution is -2.37. The van der Waals surface area contributed by atoms with Crippen LogP contribution < -0.4 is 11.1 Å². The summed E-state index contributed by atoms with van der Waals surface area (Å²) in [7, 11) is 1.16. The van der Waals surface area contributed by atoms with Gasteiger partial charge < -0.3 is 15.6 Å². The number of carboxylic acid groups (broad SMARTS) is 1. The minimum Gasteiger partial charge on any atom is -0.480 e. The number of nitrogens with one attached hydrogen (secondary N) is 1. The summed E-state index contributed by atoms with van der Waals surface area (Å²) in [6.07, 6.45) is 2.32. The van der Waals surface area contributed by atoms with E-state index in [9.17, 15) is 9.59 Å². The van der Waals surface area contributed by atoms with Gasteiger partial charge in [0.1, 0.15) is 6.04 Å². The van der Waals surface area contributed by atoms with Crippen molar-refractivity contribution in [1.29, 1.82) is 0 Å². The van der Waals surface area contributed by atoms with E-state index in [0.29, 0.717) is 13.0 Å². The summed E-state index contributed by atoms with van der Waals surface area (Å²) in [5, 5.41) is 15.0. The molecule has 0 aliphatic rings. The molecule has 4 N–H and O–H groups in total. The molecule has 104 valence electrons. The zero-order valence-electron chi connectivity index (χ0n) is 10.3. The SMILES string of the molecule is COC(=O)ON=CCN[C@@H](CCCCN)C(=O)O. The first-order chi connectivity index (χ1) is 8.61. The molecule has 0 saturated carbocycles. The van der Waals surface area contributed by atoms with Gasteiger partial charge in [-0.15, -0.1) is 0 Å². The fourth-order valence-electron chi connectivity index (χ4n) is 1.16. The number of unbranched alkanes of at least 4 members (excludes halogenated alkanes) is 1. The highest BCUT2D eigenvalue weighted by Gasteiger charge is 2.14. The van der Waals surface area contributed by atoms with Crippen LogP contribution in [0.2, 0.25) is 0 Å². The zero-order chi connectivity index (χ0) is 13.8. The topological polar surface area (TPSA) is 123 Å². The average molecular weight is 261 g/mol. The van der Waals surface area contributed by atoms with Crippen LogP contribution in [-0.4, -0.2) is 49.7 Å². The molecule has 8 heteroatoms. The van der Waals surface area contributed by atoms with Gasteiger partial charge in [-0.25, -0.2) is 4.79 Å². The van der Waals surface area contributed by atoms with Crippen molar-refractivity contribution in [1.82, 2.24) is 5.32 Å². The minimum atomic E-state index is -0.936. The molecule has 0 aliphatic heterocycles. The number of carbonyl (C=O) groups excluding carboxylic acids is 1. The number of hydrogen-bond acceptors (Lipinski definition) is 7. The highest BCUT2D eigenvalue weighted by molar-refractivity contribution is 5.74. The van der Waals surface area contributed by atoms with E-state index in [-0.39, 0.29) is 6.54 Å². The molecule has 1 atom stereocenters. The lowest BCUT2D eigenvalue weighted by Gasteiger charge is -2.12. The van der Waals surface area contributed by atoms with Crippen LogP contribution in [0, 0.1) is 0 Å². The lowest BCUT2D eigenvalue weighted by atomic mass is 10.1. The molecule has 0 unspecified atom stereocenters. The third-order valence-electron chi connectivity index (χ3n) is 2.07. The van der Waals surface area contributed by atoms with Crippen LogP contribution in [0.4, 0.5) is 4.79 Å². The summed E-state index contributed by atoms with van der Waals surface area (Å²) < 4.78 is 4.18. The maximum absolute atomic E-state index is 10.9. The fraction of sp³-hybridized carbons (Fsp3) is 0.700. The Morgan fingerprint density at radius 2 is 2.22 bits per heavy atom. The third kappa shape index (κ3) is 8.48. The molecule has 8 nitrogen and oxygen atoms in total. The van der Waals surface area contributed by atoms with Gasteiger partial charge >= 0.3 is 12.1 Å². The molecule has 0 aliphatic carbocycles. The van der Waals surface area contributed by atoms with Crippen LogP contribution in [0.3, 0.4) is 0 Å².